The van der Waals surface area contributed by atoms with Crippen LogP contribution in [0, 0.1) is 0 Å². The van der Waals surface area contributed by atoms with E-state index in [9.17, 15) is 5.11 Å². The van der Waals surface area contributed by atoms with Gasteiger partial charge in [0.25, 0.3) is 0 Å². The van der Waals surface area contributed by atoms with Crippen molar-refractivity contribution in [3.63, 3.8) is 0 Å². The third-order valence-electron chi connectivity index (χ3n) is 4.58. The maximum atomic E-state index is 9.98. The minimum Gasteiger partial charge on any atom is -0.508 e. The fraction of sp³-hybridized carbons (Fsp3) is 0.474. The van der Waals surface area contributed by atoms with E-state index in [1.54, 1.807) is 0 Å². The van der Waals surface area contributed by atoms with E-state index in [4.69, 9.17) is 0 Å². The van der Waals surface area contributed by atoms with Crippen molar-refractivity contribution in [3.8, 4) is 5.75 Å². The third kappa shape index (κ3) is 3.23. The summed E-state index contributed by atoms with van der Waals surface area (Å²) in [6.45, 7) is 6.85. The zero-order valence-corrected chi connectivity index (χ0v) is 14.3. The molecule has 0 spiro atoms. The summed E-state index contributed by atoms with van der Waals surface area (Å²) in [4.78, 5) is 2.63. The number of nitrogens with zero attached hydrogens (tertiary/aromatic N) is 1. The van der Waals surface area contributed by atoms with Crippen molar-refractivity contribution in [3.05, 3.63) is 41.5 Å². The van der Waals surface area contributed by atoms with Crippen LogP contribution in [0.2, 0.25) is 0 Å². The van der Waals surface area contributed by atoms with Crippen LogP contribution in [0.3, 0.4) is 0 Å². The summed E-state index contributed by atoms with van der Waals surface area (Å²) in [5.41, 5.74) is 2.75. The average Bonchev–Trinajstić information content (AvgIpc) is 2.46. The van der Waals surface area contributed by atoms with Gasteiger partial charge in [-0.15, -0.1) is 12.4 Å². The summed E-state index contributed by atoms with van der Waals surface area (Å²) in [5, 5.41) is 12.5. The van der Waals surface area contributed by atoms with Crippen molar-refractivity contribution in [1.82, 2.24) is 4.90 Å². The van der Waals surface area contributed by atoms with Crippen molar-refractivity contribution < 1.29 is 5.11 Å². The van der Waals surface area contributed by atoms with Crippen molar-refractivity contribution in [1.29, 1.82) is 0 Å². The van der Waals surface area contributed by atoms with Gasteiger partial charge in [-0.3, -0.25) is 4.90 Å². The van der Waals surface area contributed by atoms with E-state index >= 15 is 0 Å². The van der Waals surface area contributed by atoms with Crippen molar-refractivity contribution in [2.24, 2.45) is 0 Å². The molecule has 0 aliphatic heterocycles. The number of benzene rings is 2. The lowest BCUT2D eigenvalue weighted by Gasteiger charge is -2.35. The first kappa shape index (κ1) is 17.1. The molecule has 1 unspecified atom stereocenters. The summed E-state index contributed by atoms with van der Waals surface area (Å²) in [6.07, 6.45) is 4.60. The second-order valence-corrected chi connectivity index (χ2v) is 6.22. The first-order valence-electron chi connectivity index (χ1n) is 8.20. The highest BCUT2D eigenvalue weighted by molar-refractivity contribution is 5.91. The van der Waals surface area contributed by atoms with Gasteiger partial charge in [0.2, 0.25) is 0 Å². The molecule has 1 aliphatic carbocycles. The average molecular weight is 320 g/mol. The lowest BCUT2D eigenvalue weighted by Crippen LogP contribution is -2.41. The van der Waals surface area contributed by atoms with Crippen LogP contribution in [0.25, 0.3) is 10.8 Å². The largest absolute Gasteiger partial charge is 0.508 e. The zero-order chi connectivity index (χ0) is 14.8. The predicted octanol–water partition coefficient (Wildman–Crippen LogP) is 4.56. The van der Waals surface area contributed by atoms with Crippen LogP contribution in [-0.4, -0.2) is 29.1 Å². The van der Waals surface area contributed by atoms with Gasteiger partial charge < -0.3 is 5.11 Å². The monoisotopic (exact) mass is 319 g/mol. The van der Waals surface area contributed by atoms with Gasteiger partial charge >= 0.3 is 0 Å². The second kappa shape index (κ2) is 7.34. The van der Waals surface area contributed by atoms with E-state index in [0.29, 0.717) is 11.8 Å². The maximum Gasteiger partial charge on any atom is 0.116 e. The molecule has 2 aromatic rings. The highest BCUT2D eigenvalue weighted by Crippen LogP contribution is 2.34. The molecule has 0 saturated carbocycles. The van der Waals surface area contributed by atoms with Gasteiger partial charge in [-0.2, -0.15) is 0 Å². The highest BCUT2D eigenvalue weighted by Gasteiger charge is 2.25. The molecule has 2 nitrogen and oxygen atoms in total. The Hall–Kier alpha value is -1.25. The Kier molecular flexibility index (Phi) is 5.71. The molecule has 0 radical (unpaired) electrons. The van der Waals surface area contributed by atoms with Gasteiger partial charge in [-0.25, -0.2) is 0 Å². The minimum absolute atomic E-state index is 0. The van der Waals surface area contributed by atoms with Crippen LogP contribution in [0.4, 0.5) is 0 Å². The second-order valence-electron chi connectivity index (χ2n) is 6.22. The Morgan fingerprint density at radius 1 is 1.05 bits per heavy atom. The van der Waals surface area contributed by atoms with Crippen LogP contribution in [-0.2, 0) is 12.8 Å². The minimum atomic E-state index is 0. The van der Waals surface area contributed by atoms with Crippen LogP contribution in [0.1, 0.15) is 37.8 Å². The molecule has 0 heterocycles. The fourth-order valence-electron chi connectivity index (χ4n) is 3.80. The van der Waals surface area contributed by atoms with Crippen LogP contribution in [0.5, 0.6) is 5.75 Å². The molecule has 1 N–H and O–H groups in total. The van der Waals surface area contributed by atoms with E-state index in [2.05, 4.69) is 36.9 Å². The van der Waals surface area contributed by atoms with Gasteiger partial charge in [0, 0.05) is 6.04 Å². The quantitative estimate of drug-likeness (QED) is 0.873. The Bertz CT molecular complexity index is 635. The van der Waals surface area contributed by atoms with Gasteiger partial charge in [0.1, 0.15) is 5.75 Å². The summed E-state index contributed by atoms with van der Waals surface area (Å²) in [6, 6.07) is 10.9. The van der Waals surface area contributed by atoms with Crippen LogP contribution >= 0.6 is 12.4 Å². The van der Waals surface area contributed by atoms with Crippen molar-refractivity contribution >= 4 is 23.2 Å². The number of phenols is 1. The van der Waals surface area contributed by atoms with Crippen LogP contribution in [0.15, 0.2) is 30.3 Å². The molecule has 22 heavy (non-hydrogen) atoms. The number of hydrogen-bond donors (Lipinski definition) is 1. The van der Waals surface area contributed by atoms with Gasteiger partial charge in [0.15, 0.2) is 0 Å². The molecule has 0 saturated heterocycles. The molecule has 1 atom stereocenters. The summed E-state index contributed by atoms with van der Waals surface area (Å²) >= 11 is 0. The lowest BCUT2D eigenvalue weighted by atomic mass is 9.84. The number of phenolic OH excluding ortho intramolecular Hbond substituents is 1. The first-order valence-corrected chi connectivity index (χ1v) is 8.20. The van der Waals surface area contributed by atoms with Crippen molar-refractivity contribution in [2.75, 3.05) is 13.1 Å². The highest BCUT2D eigenvalue weighted by atomic mass is 35.5. The number of aromatic hydroxyl groups is 1. The molecule has 120 valence electrons. The standard InChI is InChI=1S/C19H25NO.ClH/c1-3-8-20(9-4-2)17-10-14-6-5-7-15-12-18(21)13-16(11-17)19(14)15;/h5-7,12-13,17,21H,3-4,8-11H2,1-2H3;1H. The normalized spacial score (nSPS) is 16.8. The molecular weight excluding hydrogens is 294 g/mol. The van der Waals surface area contributed by atoms with Gasteiger partial charge in [-0.1, -0.05) is 32.0 Å². The number of rotatable bonds is 5. The predicted molar refractivity (Wildman–Crippen MR) is 96.2 cm³/mol. The Balaban J connectivity index is 0.00000176. The Morgan fingerprint density at radius 3 is 2.41 bits per heavy atom. The molecule has 0 bridgehead atoms. The van der Waals surface area contributed by atoms with E-state index in [1.165, 1.54) is 47.8 Å². The van der Waals surface area contributed by atoms with E-state index < -0.39 is 0 Å². The molecule has 2 aromatic carbocycles. The number of halogens is 1. The lowest BCUT2D eigenvalue weighted by molar-refractivity contribution is 0.191. The van der Waals surface area contributed by atoms with Crippen molar-refractivity contribution in [2.45, 2.75) is 45.6 Å². The molecule has 0 amide bonds. The zero-order valence-electron chi connectivity index (χ0n) is 13.5. The third-order valence-corrected chi connectivity index (χ3v) is 4.58. The van der Waals surface area contributed by atoms with E-state index in [-0.39, 0.29) is 12.4 Å². The summed E-state index contributed by atoms with van der Waals surface area (Å²) in [7, 11) is 0. The van der Waals surface area contributed by atoms with E-state index in [0.717, 1.165) is 12.8 Å². The summed E-state index contributed by atoms with van der Waals surface area (Å²) < 4.78 is 0. The molecule has 0 aromatic heterocycles. The van der Waals surface area contributed by atoms with E-state index in [1.807, 2.05) is 12.1 Å². The Labute approximate surface area is 139 Å². The molecule has 3 heteroatoms. The maximum absolute atomic E-state index is 9.98. The fourth-order valence-corrected chi connectivity index (χ4v) is 3.80. The summed E-state index contributed by atoms with van der Waals surface area (Å²) in [5.74, 6) is 0.396. The van der Waals surface area contributed by atoms with Gasteiger partial charge in [0.05, 0.1) is 0 Å². The SMILES string of the molecule is CCCN(CCC)C1Cc2cccc3cc(O)cc(c23)C1.Cl. The topological polar surface area (TPSA) is 23.5 Å². The molecule has 3 rings (SSSR count). The molecule has 0 fully saturated rings. The van der Waals surface area contributed by atoms with Gasteiger partial charge in [-0.05, 0) is 72.8 Å². The van der Waals surface area contributed by atoms with Crippen LogP contribution < -0.4 is 0 Å². The molecular formula is C19H26ClNO. The first-order chi connectivity index (χ1) is 10.2. The smallest absolute Gasteiger partial charge is 0.116 e. The molecule has 1 aliphatic rings. The number of hydrogen-bond acceptors (Lipinski definition) is 2. The Morgan fingerprint density at radius 2 is 1.73 bits per heavy atom.